The SMILES string of the molecule is CCN1CCN(C(=O)c2cncc(NCc3ccco3)c2)CC1. The first kappa shape index (κ1) is 15.6. The predicted molar refractivity (Wildman–Crippen MR) is 88.3 cm³/mol. The molecule has 0 aliphatic carbocycles. The first-order chi connectivity index (χ1) is 11.3. The number of rotatable bonds is 5. The molecule has 3 rings (SSSR count). The van der Waals surface area contributed by atoms with Crippen LogP contribution < -0.4 is 5.32 Å². The van der Waals surface area contributed by atoms with Crippen molar-refractivity contribution in [2.24, 2.45) is 0 Å². The number of nitrogens with one attached hydrogen (secondary N) is 1. The summed E-state index contributed by atoms with van der Waals surface area (Å²) in [5, 5.41) is 3.23. The molecule has 0 unspecified atom stereocenters. The van der Waals surface area contributed by atoms with Crippen molar-refractivity contribution in [3.8, 4) is 0 Å². The Hall–Kier alpha value is -2.34. The Morgan fingerprint density at radius 3 is 2.83 bits per heavy atom. The van der Waals surface area contributed by atoms with Crippen LogP contribution in [-0.4, -0.2) is 53.4 Å². The van der Waals surface area contributed by atoms with Gasteiger partial charge in [-0.2, -0.15) is 0 Å². The molecule has 1 fully saturated rings. The second-order valence-corrected chi connectivity index (χ2v) is 5.62. The summed E-state index contributed by atoms with van der Waals surface area (Å²) in [6.45, 7) is 7.18. The van der Waals surface area contributed by atoms with Crippen molar-refractivity contribution in [1.82, 2.24) is 14.8 Å². The summed E-state index contributed by atoms with van der Waals surface area (Å²) in [5.74, 6) is 0.896. The van der Waals surface area contributed by atoms with Crippen molar-refractivity contribution >= 4 is 11.6 Å². The highest BCUT2D eigenvalue weighted by atomic mass is 16.3. The standard InChI is InChI=1S/C17H22N4O2/c1-2-20-5-7-21(8-6-20)17(22)14-10-15(12-18-11-14)19-13-16-4-3-9-23-16/h3-4,9-12,19H,2,5-8,13H2,1H3. The van der Waals surface area contributed by atoms with Crippen LogP contribution >= 0.6 is 0 Å². The topological polar surface area (TPSA) is 61.6 Å². The zero-order valence-corrected chi connectivity index (χ0v) is 13.4. The lowest BCUT2D eigenvalue weighted by molar-refractivity contribution is 0.0643. The van der Waals surface area contributed by atoms with Crippen LogP contribution in [0.4, 0.5) is 5.69 Å². The maximum Gasteiger partial charge on any atom is 0.255 e. The zero-order chi connectivity index (χ0) is 16.1. The van der Waals surface area contributed by atoms with Crippen LogP contribution in [0.15, 0.2) is 41.3 Å². The van der Waals surface area contributed by atoms with Crippen molar-refractivity contribution in [3.05, 3.63) is 48.2 Å². The van der Waals surface area contributed by atoms with Gasteiger partial charge in [0.2, 0.25) is 0 Å². The van der Waals surface area contributed by atoms with E-state index in [-0.39, 0.29) is 5.91 Å². The van der Waals surface area contributed by atoms with Gasteiger partial charge in [0.1, 0.15) is 5.76 Å². The number of carbonyl (C=O) groups is 1. The summed E-state index contributed by atoms with van der Waals surface area (Å²) in [6.07, 6.45) is 4.99. The van der Waals surface area contributed by atoms with E-state index in [4.69, 9.17) is 4.42 Å². The molecule has 1 aliphatic rings. The molecule has 1 aliphatic heterocycles. The van der Waals surface area contributed by atoms with E-state index in [9.17, 15) is 4.79 Å². The molecule has 6 heteroatoms. The van der Waals surface area contributed by atoms with Gasteiger partial charge in [-0.05, 0) is 24.7 Å². The number of furan rings is 1. The fourth-order valence-corrected chi connectivity index (χ4v) is 2.71. The Balaban J connectivity index is 1.61. The minimum absolute atomic E-state index is 0.0508. The molecule has 6 nitrogen and oxygen atoms in total. The molecule has 2 aromatic rings. The average Bonchev–Trinajstić information content (AvgIpc) is 3.13. The molecule has 0 aromatic carbocycles. The van der Waals surface area contributed by atoms with E-state index in [1.807, 2.05) is 23.1 Å². The molecule has 23 heavy (non-hydrogen) atoms. The maximum atomic E-state index is 12.6. The van der Waals surface area contributed by atoms with Crippen molar-refractivity contribution < 1.29 is 9.21 Å². The number of amides is 1. The van der Waals surface area contributed by atoms with Crippen molar-refractivity contribution in [2.45, 2.75) is 13.5 Å². The first-order valence-electron chi connectivity index (χ1n) is 7.99. The van der Waals surface area contributed by atoms with Gasteiger partial charge in [-0.3, -0.25) is 9.78 Å². The summed E-state index contributed by atoms with van der Waals surface area (Å²) < 4.78 is 5.29. The van der Waals surface area contributed by atoms with E-state index in [1.165, 1.54) is 0 Å². The van der Waals surface area contributed by atoms with Crippen molar-refractivity contribution in [2.75, 3.05) is 38.0 Å². The third-order valence-electron chi connectivity index (χ3n) is 4.14. The van der Waals surface area contributed by atoms with Crippen LogP contribution in [0, 0.1) is 0 Å². The van der Waals surface area contributed by atoms with E-state index >= 15 is 0 Å². The molecular formula is C17H22N4O2. The van der Waals surface area contributed by atoms with Crippen molar-refractivity contribution in [3.63, 3.8) is 0 Å². The number of anilines is 1. The Kier molecular flexibility index (Phi) is 4.92. The monoisotopic (exact) mass is 314 g/mol. The number of hydrogen-bond acceptors (Lipinski definition) is 5. The summed E-state index contributed by atoms with van der Waals surface area (Å²) in [5.41, 5.74) is 1.44. The zero-order valence-electron chi connectivity index (χ0n) is 13.4. The van der Waals surface area contributed by atoms with Crippen LogP contribution in [0.25, 0.3) is 0 Å². The van der Waals surface area contributed by atoms with Gasteiger partial charge in [0.15, 0.2) is 0 Å². The highest BCUT2D eigenvalue weighted by molar-refractivity contribution is 5.94. The smallest absolute Gasteiger partial charge is 0.255 e. The van der Waals surface area contributed by atoms with Gasteiger partial charge in [0.05, 0.1) is 24.1 Å². The fraction of sp³-hybridized carbons (Fsp3) is 0.412. The van der Waals surface area contributed by atoms with Gasteiger partial charge in [-0.25, -0.2) is 0 Å². The molecule has 0 saturated carbocycles. The molecule has 1 amide bonds. The number of aromatic nitrogens is 1. The summed E-state index contributed by atoms with van der Waals surface area (Å²) in [4.78, 5) is 21.0. The van der Waals surface area contributed by atoms with Crippen LogP contribution in [0.2, 0.25) is 0 Å². The Morgan fingerprint density at radius 1 is 1.30 bits per heavy atom. The lowest BCUT2D eigenvalue weighted by Gasteiger charge is -2.34. The van der Waals surface area contributed by atoms with Gasteiger partial charge < -0.3 is 19.5 Å². The third kappa shape index (κ3) is 3.90. The van der Waals surface area contributed by atoms with Gasteiger partial charge in [-0.1, -0.05) is 6.92 Å². The quantitative estimate of drug-likeness (QED) is 0.915. The molecular weight excluding hydrogens is 292 g/mol. The van der Waals surface area contributed by atoms with Crippen LogP contribution in [0.1, 0.15) is 23.0 Å². The van der Waals surface area contributed by atoms with Crippen LogP contribution in [0.3, 0.4) is 0 Å². The number of hydrogen-bond donors (Lipinski definition) is 1. The predicted octanol–water partition coefficient (Wildman–Crippen LogP) is 2.06. The minimum atomic E-state index is 0.0508. The molecule has 0 atom stereocenters. The molecule has 122 valence electrons. The van der Waals surface area contributed by atoms with E-state index in [2.05, 4.69) is 22.1 Å². The highest BCUT2D eigenvalue weighted by Crippen LogP contribution is 2.14. The maximum absolute atomic E-state index is 12.6. The van der Waals surface area contributed by atoms with E-state index in [0.717, 1.165) is 44.2 Å². The average molecular weight is 314 g/mol. The number of piperazine rings is 1. The van der Waals surface area contributed by atoms with Crippen LogP contribution in [0.5, 0.6) is 0 Å². The normalized spacial score (nSPS) is 15.6. The van der Waals surface area contributed by atoms with Gasteiger partial charge >= 0.3 is 0 Å². The Morgan fingerprint density at radius 2 is 2.13 bits per heavy atom. The number of pyridine rings is 1. The third-order valence-corrected chi connectivity index (χ3v) is 4.14. The summed E-state index contributed by atoms with van der Waals surface area (Å²) >= 11 is 0. The largest absolute Gasteiger partial charge is 0.467 e. The van der Waals surface area contributed by atoms with E-state index in [0.29, 0.717) is 12.1 Å². The number of carbonyl (C=O) groups excluding carboxylic acids is 1. The molecule has 1 saturated heterocycles. The second kappa shape index (κ2) is 7.28. The van der Waals surface area contributed by atoms with E-state index < -0.39 is 0 Å². The fourth-order valence-electron chi connectivity index (χ4n) is 2.71. The van der Waals surface area contributed by atoms with Gasteiger partial charge in [-0.15, -0.1) is 0 Å². The van der Waals surface area contributed by atoms with E-state index in [1.54, 1.807) is 18.7 Å². The van der Waals surface area contributed by atoms with Crippen LogP contribution in [-0.2, 0) is 6.54 Å². The van der Waals surface area contributed by atoms with Crippen molar-refractivity contribution in [1.29, 1.82) is 0 Å². The first-order valence-corrected chi connectivity index (χ1v) is 7.99. The number of nitrogens with zero attached hydrogens (tertiary/aromatic N) is 3. The molecule has 0 spiro atoms. The summed E-state index contributed by atoms with van der Waals surface area (Å²) in [7, 11) is 0. The molecule has 1 N–H and O–H groups in total. The number of likely N-dealkylation sites (N-methyl/N-ethyl adjacent to an activating group) is 1. The molecule has 2 aromatic heterocycles. The van der Waals surface area contributed by atoms with Gasteiger partial charge in [0, 0.05) is 38.6 Å². The lowest BCUT2D eigenvalue weighted by atomic mass is 10.2. The Labute approximate surface area is 136 Å². The highest BCUT2D eigenvalue weighted by Gasteiger charge is 2.21. The lowest BCUT2D eigenvalue weighted by Crippen LogP contribution is -2.48. The molecule has 0 radical (unpaired) electrons. The van der Waals surface area contributed by atoms with Gasteiger partial charge in [0.25, 0.3) is 5.91 Å². The summed E-state index contributed by atoms with van der Waals surface area (Å²) in [6, 6.07) is 5.61. The molecule has 3 heterocycles. The molecule has 0 bridgehead atoms. The minimum Gasteiger partial charge on any atom is -0.467 e. The Bertz CT molecular complexity index is 634. The second-order valence-electron chi connectivity index (χ2n) is 5.62.